The van der Waals surface area contributed by atoms with Crippen molar-refractivity contribution >= 4 is 57.8 Å². The van der Waals surface area contributed by atoms with Crippen LogP contribution in [-0.4, -0.2) is 75.0 Å². The van der Waals surface area contributed by atoms with Gasteiger partial charge in [-0.25, -0.2) is 14.6 Å². The maximum atomic E-state index is 13.6. The SMILES string of the molecule is COc1ccc([C@H](Cc2c(Cl)c[nH+]cc2Cl)OC(=O)c2ccc(CNC(CO)(C(=O)OCC3CCN(C)CC3)c3cccs3)s2)cc1OC.[OH-]. The third-order valence-electron chi connectivity index (χ3n) is 8.66. The van der Waals surface area contributed by atoms with Crippen molar-refractivity contribution in [3.05, 3.63) is 96.0 Å². The van der Waals surface area contributed by atoms with Gasteiger partial charge in [0.15, 0.2) is 29.4 Å². The van der Waals surface area contributed by atoms with Crippen LogP contribution in [-0.2, 0) is 32.8 Å². The average molecular weight is 767 g/mol. The van der Waals surface area contributed by atoms with E-state index >= 15 is 0 Å². The molecule has 0 radical (unpaired) electrons. The van der Waals surface area contributed by atoms with E-state index in [0.717, 1.165) is 30.8 Å². The molecule has 4 aromatic rings. The Morgan fingerprint density at radius 3 is 2.44 bits per heavy atom. The highest BCUT2D eigenvalue weighted by atomic mass is 35.5. The molecule has 1 saturated heterocycles. The normalized spacial score (nSPS) is 15.4. The number of ether oxygens (including phenoxy) is 4. The first-order valence-electron chi connectivity index (χ1n) is 15.8. The van der Waals surface area contributed by atoms with Crippen molar-refractivity contribution in [1.82, 2.24) is 10.2 Å². The van der Waals surface area contributed by atoms with Gasteiger partial charge in [0.25, 0.3) is 0 Å². The summed E-state index contributed by atoms with van der Waals surface area (Å²) in [6.07, 6.45) is 4.56. The lowest BCUT2D eigenvalue weighted by molar-refractivity contribution is -0.377. The second-order valence-electron chi connectivity index (χ2n) is 11.8. The van der Waals surface area contributed by atoms with Gasteiger partial charge >= 0.3 is 11.9 Å². The monoisotopic (exact) mass is 765 g/mol. The fourth-order valence-corrected chi connectivity index (χ4v) is 7.92. The highest BCUT2D eigenvalue weighted by Gasteiger charge is 2.43. The average Bonchev–Trinajstić information content (AvgIpc) is 3.83. The van der Waals surface area contributed by atoms with Gasteiger partial charge in [-0.05, 0) is 80.2 Å². The number of benzene rings is 1. The molecule has 0 bridgehead atoms. The molecule has 2 atom stereocenters. The van der Waals surface area contributed by atoms with E-state index in [0.29, 0.717) is 49.0 Å². The Morgan fingerprint density at radius 1 is 1.08 bits per heavy atom. The maximum Gasteiger partial charge on any atom is 0.348 e. The number of carbonyl (C=O) groups excluding carboxylic acids is 2. The molecular weight excluding hydrogens is 725 g/mol. The zero-order valence-corrected chi connectivity index (χ0v) is 31.1. The van der Waals surface area contributed by atoms with E-state index < -0.39 is 30.2 Å². The molecule has 0 spiro atoms. The first-order valence-corrected chi connectivity index (χ1v) is 18.2. The second kappa shape index (κ2) is 18.3. The molecule has 0 saturated carbocycles. The van der Waals surface area contributed by atoms with Crippen LogP contribution in [0.1, 0.15) is 49.5 Å². The van der Waals surface area contributed by atoms with Gasteiger partial charge in [0, 0.05) is 28.3 Å². The molecule has 4 heterocycles. The number of aromatic amines is 1. The maximum absolute atomic E-state index is 13.6. The zero-order chi connectivity index (χ0) is 35.0. The fourth-order valence-electron chi connectivity index (χ4n) is 5.67. The number of aliphatic hydroxyl groups excluding tert-OH is 1. The number of hydrogen-bond donors (Lipinski definition) is 2. The predicted molar refractivity (Wildman–Crippen MR) is 192 cm³/mol. The van der Waals surface area contributed by atoms with Crippen LogP contribution in [0.25, 0.3) is 0 Å². The lowest BCUT2D eigenvalue weighted by Gasteiger charge is -2.32. The van der Waals surface area contributed by atoms with E-state index in [1.165, 1.54) is 29.8 Å². The molecule has 270 valence electrons. The number of esters is 2. The van der Waals surface area contributed by atoms with Gasteiger partial charge in [0.05, 0.1) is 27.4 Å². The van der Waals surface area contributed by atoms with E-state index in [1.807, 2.05) is 11.4 Å². The smallest absolute Gasteiger partial charge is 0.348 e. The Morgan fingerprint density at radius 2 is 1.80 bits per heavy atom. The van der Waals surface area contributed by atoms with E-state index in [9.17, 15) is 14.7 Å². The number of nitrogens with one attached hydrogen (secondary N) is 2. The van der Waals surface area contributed by atoms with E-state index in [2.05, 4.69) is 22.2 Å². The highest BCUT2D eigenvalue weighted by Crippen LogP contribution is 2.36. The van der Waals surface area contributed by atoms with Crippen LogP contribution in [0.2, 0.25) is 10.0 Å². The molecule has 1 aliphatic heterocycles. The summed E-state index contributed by atoms with van der Waals surface area (Å²) in [6.45, 7) is 1.93. The zero-order valence-electron chi connectivity index (χ0n) is 27.9. The van der Waals surface area contributed by atoms with Crippen molar-refractivity contribution in [2.24, 2.45) is 5.92 Å². The van der Waals surface area contributed by atoms with Crippen LogP contribution in [0, 0.1) is 5.92 Å². The van der Waals surface area contributed by atoms with Crippen LogP contribution in [0.3, 0.4) is 0 Å². The van der Waals surface area contributed by atoms with Crippen molar-refractivity contribution in [2.45, 2.75) is 37.5 Å². The lowest BCUT2D eigenvalue weighted by Crippen LogP contribution is -2.52. The number of thiophene rings is 2. The number of methoxy groups -OCH3 is 2. The number of H-pyrrole nitrogens is 1. The van der Waals surface area contributed by atoms with E-state index in [1.54, 1.807) is 55.9 Å². The van der Waals surface area contributed by atoms with Crippen LogP contribution in [0.5, 0.6) is 11.5 Å². The number of halogens is 2. The first kappa shape index (κ1) is 39.5. The van der Waals surface area contributed by atoms with Crippen molar-refractivity contribution in [2.75, 3.05) is 47.6 Å². The van der Waals surface area contributed by atoms with Gasteiger partial charge in [-0.1, -0.05) is 35.3 Å². The van der Waals surface area contributed by atoms with Crippen molar-refractivity contribution in [1.29, 1.82) is 0 Å². The van der Waals surface area contributed by atoms with E-state index in [-0.39, 0.29) is 24.4 Å². The van der Waals surface area contributed by atoms with Gasteiger partial charge in [-0.2, -0.15) is 0 Å². The van der Waals surface area contributed by atoms with Gasteiger partial charge in [0.2, 0.25) is 0 Å². The molecular formula is C35H41Cl2N3O8S2. The molecule has 50 heavy (non-hydrogen) atoms. The number of likely N-dealkylation sites (tertiary alicyclic amines) is 1. The molecule has 11 nitrogen and oxygen atoms in total. The molecule has 15 heteroatoms. The third-order valence-corrected chi connectivity index (χ3v) is 11.4. The molecule has 1 unspecified atom stereocenters. The standard InChI is InChI=1S/C35H39Cl2N3O7S2.H2O/c1-40-12-10-22(11-13-40)20-46-34(43)35(21-41,32-5-4-14-48-32)39-17-24-7-9-31(49-24)33(42)47-29(16-25-26(36)18-38-19-27(25)37)23-6-8-28(44-2)30(15-23)45-3;/h4-9,14-15,18-19,22,29,39,41H,10-13,16-17,20-21H2,1-3H3;1H2/t29-,35?;/m0./s1. The minimum absolute atomic E-state index is 0. The van der Waals surface area contributed by atoms with Crippen LogP contribution in [0.15, 0.2) is 60.2 Å². The first-order chi connectivity index (χ1) is 23.7. The number of hydrogen-bond acceptors (Lipinski definition) is 12. The summed E-state index contributed by atoms with van der Waals surface area (Å²) in [5.41, 5.74) is -0.178. The molecule has 0 aliphatic carbocycles. The number of piperidine rings is 1. The molecule has 1 aliphatic rings. The topological polar surface area (TPSA) is 151 Å². The van der Waals surface area contributed by atoms with Gasteiger partial charge in [-0.3, -0.25) is 5.32 Å². The Balaban J connectivity index is 0.00000562. The molecule has 1 aromatic carbocycles. The summed E-state index contributed by atoms with van der Waals surface area (Å²) in [7, 11) is 5.16. The minimum atomic E-state index is -1.45. The number of pyridine rings is 1. The van der Waals surface area contributed by atoms with Gasteiger partial charge < -0.3 is 34.4 Å². The lowest BCUT2D eigenvalue weighted by atomic mass is 9.96. The highest BCUT2D eigenvalue weighted by molar-refractivity contribution is 7.14. The quantitative estimate of drug-likeness (QED) is 0.143. The summed E-state index contributed by atoms with van der Waals surface area (Å²) in [5.74, 6) is 0.216. The molecule has 5 rings (SSSR count). The summed E-state index contributed by atoms with van der Waals surface area (Å²) >= 11 is 15.5. The number of nitrogens with zero attached hydrogens (tertiary/aromatic N) is 1. The summed E-state index contributed by atoms with van der Waals surface area (Å²) in [6, 6.07) is 12.4. The van der Waals surface area contributed by atoms with Crippen LogP contribution < -0.4 is 19.8 Å². The molecule has 3 aromatic heterocycles. The molecule has 0 amide bonds. The predicted octanol–water partition coefficient (Wildman–Crippen LogP) is 5.77. The Bertz CT molecular complexity index is 1700. The largest absolute Gasteiger partial charge is 0.870 e. The molecule has 4 N–H and O–H groups in total. The number of rotatable bonds is 15. The number of aliphatic hydroxyl groups is 1. The summed E-state index contributed by atoms with van der Waals surface area (Å²) in [4.78, 5) is 34.2. The third kappa shape index (κ3) is 9.33. The Kier molecular flexibility index (Phi) is 14.5. The van der Waals surface area contributed by atoms with Crippen molar-refractivity contribution in [3.8, 4) is 11.5 Å². The Labute approximate surface area is 309 Å². The number of aromatic nitrogens is 1. The van der Waals surface area contributed by atoms with E-state index in [4.69, 9.17) is 42.1 Å². The van der Waals surface area contributed by atoms with Gasteiger partial charge in [-0.15, -0.1) is 22.7 Å². The van der Waals surface area contributed by atoms with Crippen LogP contribution >= 0.6 is 45.9 Å². The second-order valence-corrected chi connectivity index (χ2v) is 14.8. The van der Waals surface area contributed by atoms with Crippen LogP contribution in [0.4, 0.5) is 0 Å². The fraction of sp³-hybridized carbons (Fsp3) is 0.400. The summed E-state index contributed by atoms with van der Waals surface area (Å²) in [5, 5.41) is 16.6. The number of carbonyl (C=O) groups is 2. The molecule has 1 fully saturated rings. The minimum Gasteiger partial charge on any atom is -0.870 e. The van der Waals surface area contributed by atoms with Crippen molar-refractivity contribution in [3.63, 3.8) is 0 Å². The van der Waals surface area contributed by atoms with Crippen molar-refractivity contribution < 1.29 is 44.1 Å². The van der Waals surface area contributed by atoms with Gasteiger partial charge in [0.1, 0.15) is 21.0 Å². The summed E-state index contributed by atoms with van der Waals surface area (Å²) < 4.78 is 22.8. The Hall–Kier alpha value is -3.27.